The van der Waals surface area contributed by atoms with Crippen LogP contribution in [0.2, 0.25) is 0 Å². The van der Waals surface area contributed by atoms with Crippen LogP contribution in [0.25, 0.3) is 0 Å². The summed E-state index contributed by atoms with van der Waals surface area (Å²) in [6.45, 7) is 8.33. The number of carbonyl (C=O) groups excluding carboxylic acids is 3. The van der Waals surface area contributed by atoms with Crippen LogP contribution in [0.3, 0.4) is 0 Å². The number of nitrogens with one attached hydrogen (secondary N) is 4. The summed E-state index contributed by atoms with van der Waals surface area (Å²) in [5.41, 5.74) is 2.63. The predicted molar refractivity (Wildman–Crippen MR) is 125 cm³/mol. The summed E-state index contributed by atoms with van der Waals surface area (Å²) in [7, 11) is 0. The van der Waals surface area contributed by atoms with Gasteiger partial charge in [-0.2, -0.15) is 0 Å². The minimum Gasteiger partial charge on any atom is -1.00 e. The van der Waals surface area contributed by atoms with E-state index in [9.17, 15) is 19.5 Å². The summed E-state index contributed by atoms with van der Waals surface area (Å²) >= 11 is 0. The number of halogens is 1. The third-order valence-corrected chi connectivity index (χ3v) is 5.28. The fraction of sp³-hybridized carbons (Fsp3) is 0.375. The fourth-order valence-corrected chi connectivity index (χ4v) is 3.27. The lowest BCUT2D eigenvalue weighted by molar-refractivity contribution is -0.899. The number of aryl methyl sites for hydroxylation is 1. The number of para-hydroxylation sites is 1. The number of hydrogen-bond donors (Lipinski definition) is 5. The Bertz CT molecular complexity index is 917. The van der Waals surface area contributed by atoms with E-state index in [0.717, 1.165) is 30.8 Å². The van der Waals surface area contributed by atoms with Crippen molar-refractivity contribution < 1.29 is 36.8 Å². The average Bonchev–Trinajstić information content (AvgIpc) is 2.81. The van der Waals surface area contributed by atoms with Crippen molar-refractivity contribution in [2.75, 3.05) is 36.8 Å². The lowest BCUT2D eigenvalue weighted by Crippen LogP contribution is -3.12. The minimum absolute atomic E-state index is 0. The molecule has 1 atom stereocenters. The Morgan fingerprint density at radius 1 is 0.909 bits per heavy atom. The molecule has 2 aromatic rings. The quantitative estimate of drug-likeness (QED) is 0.252. The highest BCUT2D eigenvalue weighted by Gasteiger charge is 2.18. The molecule has 2 rings (SSSR count). The third kappa shape index (κ3) is 8.84. The number of quaternary nitrogens is 1. The summed E-state index contributed by atoms with van der Waals surface area (Å²) in [5.74, 6) is -1.91. The van der Waals surface area contributed by atoms with Crippen molar-refractivity contribution in [1.82, 2.24) is 5.32 Å². The number of benzene rings is 2. The Morgan fingerprint density at radius 2 is 1.55 bits per heavy atom. The van der Waals surface area contributed by atoms with Gasteiger partial charge in [0.25, 0.3) is 5.91 Å². The number of hydrogen-bond acceptors (Lipinski definition) is 4. The Labute approximate surface area is 201 Å². The largest absolute Gasteiger partial charge is 1.00 e. The highest BCUT2D eigenvalue weighted by atomic mass is 35.5. The number of amides is 3. The number of carbonyl (C=O) groups is 3. The maximum Gasteiger partial charge on any atom is 0.313 e. The molecule has 0 bridgehead atoms. The van der Waals surface area contributed by atoms with Crippen LogP contribution in [-0.2, 0) is 16.0 Å². The molecule has 5 N–H and O–H groups in total. The standard InChI is InChI=1S/C24H32N4O4.ClH/c1-4-17-9-7-8-10-21(17)27-22(30)18-11-13-19(14-12-18)26-24(32)23(31)25-15-20(29)16-28(5-2)6-3;/h7-14,20,29H,4-6,15-16H2,1-3H3,(H,25,31)(H,26,32)(H,27,30);1H. The van der Waals surface area contributed by atoms with Crippen LogP contribution in [0, 0.1) is 0 Å². The van der Waals surface area contributed by atoms with E-state index in [1.165, 1.54) is 4.90 Å². The van der Waals surface area contributed by atoms with Crippen LogP contribution in [0.15, 0.2) is 48.5 Å². The van der Waals surface area contributed by atoms with Crippen LogP contribution in [0.1, 0.15) is 36.7 Å². The summed E-state index contributed by atoms with van der Waals surface area (Å²) in [6.07, 6.45) is 0.0780. The number of likely N-dealkylation sites (N-methyl/N-ethyl adjacent to an activating group) is 1. The number of rotatable bonds is 10. The van der Waals surface area contributed by atoms with Crippen LogP contribution in [0.4, 0.5) is 11.4 Å². The molecule has 0 saturated carbocycles. The van der Waals surface area contributed by atoms with Gasteiger partial charge in [0.1, 0.15) is 12.6 Å². The minimum atomic E-state index is -0.832. The molecule has 0 aliphatic carbocycles. The molecule has 8 nitrogen and oxygen atoms in total. The molecule has 9 heteroatoms. The topological polar surface area (TPSA) is 112 Å². The van der Waals surface area contributed by atoms with Crippen molar-refractivity contribution in [2.24, 2.45) is 0 Å². The molecule has 0 heterocycles. The molecule has 2 aromatic carbocycles. The molecule has 180 valence electrons. The van der Waals surface area contributed by atoms with Crippen LogP contribution in [0.5, 0.6) is 0 Å². The SMILES string of the molecule is CCc1ccccc1NC(=O)c1ccc(NC(=O)C(=O)NCC(O)C[NH+](CC)CC)cc1.[Cl-]. The van der Waals surface area contributed by atoms with E-state index in [0.29, 0.717) is 17.8 Å². The number of anilines is 2. The summed E-state index contributed by atoms with van der Waals surface area (Å²) in [5, 5.41) is 17.8. The summed E-state index contributed by atoms with van der Waals surface area (Å²) in [4.78, 5) is 37.8. The van der Waals surface area contributed by atoms with Gasteiger partial charge >= 0.3 is 11.8 Å². The first kappa shape index (κ1) is 28.1. The Hall–Kier alpha value is -2.94. The van der Waals surface area contributed by atoms with Gasteiger partial charge in [0.15, 0.2) is 0 Å². The normalized spacial score (nSPS) is 11.3. The molecule has 1 unspecified atom stereocenters. The maximum atomic E-state index is 12.5. The van der Waals surface area contributed by atoms with Crippen molar-refractivity contribution in [3.8, 4) is 0 Å². The average molecular weight is 477 g/mol. The molecule has 0 aliphatic rings. The van der Waals surface area contributed by atoms with Gasteiger partial charge in [0.2, 0.25) is 0 Å². The van der Waals surface area contributed by atoms with Crippen LogP contribution < -0.4 is 33.3 Å². The van der Waals surface area contributed by atoms with Gasteiger partial charge in [-0.15, -0.1) is 0 Å². The highest BCUT2D eigenvalue weighted by Crippen LogP contribution is 2.17. The fourth-order valence-electron chi connectivity index (χ4n) is 3.27. The first-order chi connectivity index (χ1) is 15.4. The molecule has 0 fully saturated rings. The first-order valence-electron chi connectivity index (χ1n) is 11.0. The highest BCUT2D eigenvalue weighted by molar-refractivity contribution is 6.39. The van der Waals surface area contributed by atoms with Gasteiger partial charge in [-0.05, 0) is 56.2 Å². The zero-order valence-electron chi connectivity index (χ0n) is 19.3. The van der Waals surface area contributed by atoms with Gasteiger partial charge in [-0.1, -0.05) is 25.1 Å². The zero-order chi connectivity index (χ0) is 23.5. The monoisotopic (exact) mass is 476 g/mol. The molecule has 0 saturated heterocycles. The van der Waals surface area contributed by atoms with Gasteiger partial charge in [0, 0.05) is 23.5 Å². The van der Waals surface area contributed by atoms with Crippen molar-refractivity contribution in [3.05, 3.63) is 59.7 Å². The van der Waals surface area contributed by atoms with Crippen LogP contribution in [-0.4, -0.2) is 55.1 Å². The van der Waals surface area contributed by atoms with Crippen molar-refractivity contribution in [3.63, 3.8) is 0 Å². The lowest BCUT2D eigenvalue weighted by Gasteiger charge is -2.19. The summed E-state index contributed by atoms with van der Waals surface area (Å²) < 4.78 is 0. The maximum absolute atomic E-state index is 12.5. The second kappa shape index (κ2) is 14.3. The van der Waals surface area contributed by atoms with Crippen molar-refractivity contribution >= 4 is 29.1 Å². The molecule has 0 radical (unpaired) electrons. The lowest BCUT2D eigenvalue weighted by atomic mass is 10.1. The van der Waals surface area contributed by atoms with E-state index < -0.39 is 17.9 Å². The molecular formula is C24H33ClN4O4. The molecule has 33 heavy (non-hydrogen) atoms. The molecule has 3 amide bonds. The van der Waals surface area contributed by atoms with Crippen molar-refractivity contribution in [2.45, 2.75) is 33.3 Å². The zero-order valence-corrected chi connectivity index (χ0v) is 20.0. The second-order valence-corrected chi connectivity index (χ2v) is 7.52. The van der Waals surface area contributed by atoms with Gasteiger partial charge < -0.3 is 38.4 Å². The second-order valence-electron chi connectivity index (χ2n) is 7.52. The molecular weight excluding hydrogens is 444 g/mol. The Morgan fingerprint density at radius 3 is 2.15 bits per heavy atom. The third-order valence-electron chi connectivity index (χ3n) is 5.28. The Kier molecular flexibility index (Phi) is 12.1. The van der Waals surface area contributed by atoms with E-state index in [-0.39, 0.29) is 24.9 Å². The number of aliphatic hydroxyl groups is 1. The van der Waals surface area contributed by atoms with Crippen LogP contribution >= 0.6 is 0 Å². The first-order valence-corrected chi connectivity index (χ1v) is 11.0. The van der Waals surface area contributed by atoms with Gasteiger partial charge in [-0.3, -0.25) is 14.4 Å². The smallest absolute Gasteiger partial charge is 0.313 e. The van der Waals surface area contributed by atoms with Crippen molar-refractivity contribution in [1.29, 1.82) is 0 Å². The summed E-state index contributed by atoms with van der Waals surface area (Å²) in [6, 6.07) is 13.9. The van der Waals surface area contributed by atoms with Gasteiger partial charge in [0.05, 0.1) is 13.1 Å². The van der Waals surface area contributed by atoms with E-state index in [1.807, 2.05) is 45.0 Å². The van der Waals surface area contributed by atoms with E-state index in [4.69, 9.17) is 0 Å². The molecule has 0 spiro atoms. The van der Waals surface area contributed by atoms with E-state index in [2.05, 4.69) is 16.0 Å². The molecule has 0 aliphatic heterocycles. The predicted octanol–water partition coefficient (Wildman–Crippen LogP) is -2.15. The van der Waals surface area contributed by atoms with E-state index in [1.54, 1.807) is 24.3 Å². The molecule has 0 aromatic heterocycles. The Balaban J connectivity index is 0.00000544. The number of aliphatic hydroxyl groups excluding tert-OH is 1. The van der Waals surface area contributed by atoms with Gasteiger partial charge in [-0.25, -0.2) is 0 Å². The van der Waals surface area contributed by atoms with E-state index >= 15 is 0 Å².